The van der Waals surface area contributed by atoms with Crippen molar-refractivity contribution >= 4 is 29.0 Å². The van der Waals surface area contributed by atoms with Crippen LogP contribution in [0.25, 0.3) is 6.08 Å². The van der Waals surface area contributed by atoms with Crippen LogP contribution >= 0.6 is 11.3 Å². The Morgan fingerprint density at radius 2 is 1.64 bits per heavy atom. The highest BCUT2D eigenvalue weighted by Crippen LogP contribution is 2.31. The number of rotatable bonds is 8. The molecule has 0 radical (unpaired) electrons. The molecule has 0 saturated carbocycles. The Hall–Kier alpha value is -5.28. The second-order valence-electron chi connectivity index (χ2n) is 10.2. The Bertz CT molecular complexity index is 2020. The Labute approximate surface area is 256 Å². The second-order valence-corrected chi connectivity index (χ2v) is 11.2. The number of carbonyl (C=O) groups is 1. The molecule has 5 aromatic rings. The molecule has 44 heavy (non-hydrogen) atoms. The molecule has 0 bridgehead atoms. The van der Waals surface area contributed by atoms with E-state index < -0.39 is 6.04 Å². The average Bonchev–Trinajstić information content (AvgIpc) is 3.35. The maximum absolute atomic E-state index is 14.0. The summed E-state index contributed by atoms with van der Waals surface area (Å²) in [5.41, 5.74) is 3.75. The van der Waals surface area contributed by atoms with Crippen molar-refractivity contribution in [1.82, 2.24) is 4.57 Å². The molecule has 9 heteroatoms. The van der Waals surface area contributed by atoms with E-state index in [1.807, 2.05) is 84.9 Å². The standard InChI is InChI=1S/C35H28FN3O4S/c1-22-31(33(40)38-27-6-4-3-5-7-27)32(25-12-18-28(42-2)19-13-25)39-34(41)30(44-35(39)37-22)20-23-10-16-29(17-11-23)43-21-24-8-14-26(36)15-9-24/h3-20,32H,21H2,1-2H3,(H,38,40)/b30-20+/t32-/m1/s1. The van der Waals surface area contributed by atoms with Crippen molar-refractivity contribution in [3.8, 4) is 11.5 Å². The second kappa shape index (κ2) is 12.5. The van der Waals surface area contributed by atoms with Crippen LogP contribution in [-0.2, 0) is 11.4 Å². The minimum atomic E-state index is -0.690. The van der Waals surface area contributed by atoms with Gasteiger partial charge in [0, 0.05) is 5.69 Å². The van der Waals surface area contributed by atoms with E-state index in [-0.39, 0.29) is 17.3 Å². The van der Waals surface area contributed by atoms with E-state index >= 15 is 0 Å². The van der Waals surface area contributed by atoms with Crippen LogP contribution in [0.15, 0.2) is 124 Å². The molecular formula is C35H28FN3O4S. The fourth-order valence-corrected chi connectivity index (χ4v) is 6.04. The van der Waals surface area contributed by atoms with Gasteiger partial charge >= 0.3 is 0 Å². The summed E-state index contributed by atoms with van der Waals surface area (Å²) in [5.74, 6) is 0.698. The van der Waals surface area contributed by atoms with Crippen LogP contribution in [0.4, 0.5) is 10.1 Å². The van der Waals surface area contributed by atoms with E-state index in [0.29, 0.717) is 44.4 Å². The Morgan fingerprint density at radius 1 is 0.955 bits per heavy atom. The third kappa shape index (κ3) is 6.09. The highest BCUT2D eigenvalue weighted by molar-refractivity contribution is 7.07. The van der Waals surface area contributed by atoms with E-state index in [1.54, 1.807) is 30.7 Å². The fourth-order valence-electron chi connectivity index (χ4n) is 4.99. The lowest BCUT2D eigenvalue weighted by atomic mass is 9.95. The Kier molecular flexibility index (Phi) is 8.21. The summed E-state index contributed by atoms with van der Waals surface area (Å²) in [6.45, 7) is 2.10. The van der Waals surface area contributed by atoms with Crippen LogP contribution in [0.5, 0.6) is 11.5 Å². The zero-order valence-corrected chi connectivity index (χ0v) is 24.8. The highest BCUT2D eigenvalue weighted by Gasteiger charge is 2.32. The summed E-state index contributed by atoms with van der Waals surface area (Å²) in [7, 11) is 1.59. The van der Waals surface area contributed by atoms with E-state index in [1.165, 1.54) is 23.5 Å². The van der Waals surface area contributed by atoms with Crippen LogP contribution < -0.4 is 29.7 Å². The number of benzene rings is 4. The number of methoxy groups -OCH3 is 1. The van der Waals surface area contributed by atoms with Crippen molar-refractivity contribution in [2.75, 3.05) is 12.4 Å². The quantitative estimate of drug-likeness (QED) is 0.250. The molecule has 220 valence electrons. The summed E-state index contributed by atoms with van der Waals surface area (Å²) in [5, 5.41) is 2.96. The van der Waals surface area contributed by atoms with Crippen molar-refractivity contribution in [1.29, 1.82) is 0 Å². The molecular weight excluding hydrogens is 577 g/mol. The molecule has 1 N–H and O–H groups in total. The number of ether oxygens (including phenoxy) is 2. The van der Waals surface area contributed by atoms with Crippen LogP contribution in [0, 0.1) is 5.82 Å². The summed E-state index contributed by atoms with van der Waals surface area (Å²) < 4.78 is 26.4. The van der Waals surface area contributed by atoms with Gasteiger partial charge in [-0.2, -0.15) is 0 Å². The predicted octanol–water partition coefficient (Wildman–Crippen LogP) is 5.60. The summed E-state index contributed by atoms with van der Waals surface area (Å²) in [6, 6.07) is 29.4. The van der Waals surface area contributed by atoms with Crippen molar-refractivity contribution < 1.29 is 18.7 Å². The molecule has 1 atom stereocenters. The van der Waals surface area contributed by atoms with Gasteiger partial charge in [-0.15, -0.1) is 0 Å². The maximum Gasteiger partial charge on any atom is 0.271 e. The zero-order chi connectivity index (χ0) is 30.6. The molecule has 0 unspecified atom stereocenters. The first kappa shape index (κ1) is 28.8. The van der Waals surface area contributed by atoms with Gasteiger partial charge in [-0.25, -0.2) is 9.38 Å². The normalized spacial score (nSPS) is 14.5. The average molecular weight is 606 g/mol. The van der Waals surface area contributed by atoms with E-state index in [0.717, 1.165) is 16.7 Å². The number of nitrogens with zero attached hydrogens (tertiary/aromatic N) is 2. The molecule has 1 aliphatic rings. The van der Waals surface area contributed by atoms with Gasteiger partial charge in [0.15, 0.2) is 4.80 Å². The number of nitrogens with one attached hydrogen (secondary N) is 1. The number of anilines is 1. The monoisotopic (exact) mass is 605 g/mol. The van der Waals surface area contributed by atoms with Crippen molar-refractivity contribution in [2.24, 2.45) is 4.99 Å². The van der Waals surface area contributed by atoms with Crippen LogP contribution in [0.1, 0.15) is 29.7 Å². The number of allylic oxidation sites excluding steroid dienone is 1. The molecule has 0 fully saturated rings. The number of aromatic nitrogens is 1. The van der Waals surface area contributed by atoms with Gasteiger partial charge in [-0.3, -0.25) is 14.2 Å². The molecule has 2 heterocycles. The van der Waals surface area contributed by atoms with Gasteiger partial charge < -0.3 is 14.8 Å². The number of hydrogen-bond acceptors (Lipinski definition) is 6. The number of fused-ring (bicyclic) bond motifs is 1. The number of carbonyl (C=O) groups excluding carboxylic acids is 1. The minimum absolute atomic E-state index is 0.247. The third-order valence-corrected chi connectivity index (χ3v) is 8.21. The minimum Gasteiger partial charge on any atom is -0.497 e. The predicted molar refractivity (Wildman–Crippen MR) is 169 cm³/mol. The number of para-hydroxylation sites is 1. The first-order chi connectivity index (χ1) is 21.4. The lowest BCUT2D eigenvalue weighted by Gasteiger charge is -2.25. The van der Waals surface area contributed by atoms with Crippen LogP contribution in [0.2, 0.25) is 0 Å². The van der Waals surface area contributed by atoms with Crippen molar-refractivity contribution in [2.45, 2.75) is 19.6 Å². The third-order valence-electron chi connectivity index (χ3n) is 7.23. The lowest BCUT2D eigenvalue weighted by molar-refractivity contribution is -0.113. The van der Waals surface area contributed by atoms with Gasteiger partial charge in [0.1, 0.15) is 23.9 Å². The zero-order valence-electron chi connectivity index (χ0n) is 24.0. The molecule has 1 amide bonds. The van der Waals surface area contributed by atoms with E-state index in [9.17, 15) is 14.0 Å². The molecule has 7 nitrogen and oxygen atoms in total. The lowest BCUT2D eigenvalue weighted by Crippen LogP contribution is -2.40. The largest absolute Gasteiger partial charge is 0.497 e. The maximum atomic E-state index is 14.0. The molecule has 0 aliphatic carbocycles. The van der Waals surface area contributed by atoms with Crippen LogP contribution in [-0.4, -0.2) is 17.6 Å². The van der Waals surface area contributed by atoms with Crippen LogP contribution in [0.3, 0.4) is 0 Å². The summed E-state index contributed by atoms with van der Waals surface area (Å²) >= 11 is 1.27. The summed E-state index contributed by atoms with van der Waals surface area (Å²) in [4.78, 5) is 32.9. The number of amides is 1. The molecule has 1 aromatic heterocycles. The molecule has 0 spiro atoms. The molecule has 6 rings (SSSR count). The SMILES string of the molecule is COc1ccc([C@@H]2C(C(=O)Nc3ccccc3)=C(C)N=c3s/c(=C/c4ccc(OCc5ccc(F)cc5)cc4)c(=O)n32)cc1. The van der Waals surface area contributed by atoms with Crippen molar-refractivity contribution in [3.63, 3.8) is 0 Å². The number of halogens is 1. The van der Waals surface area contributed by atoms with Gasteiger partial charge in [-0.1, -0.05) is 65.9 Å². The fraction of sp³-hybridized carbons (Fsp3) is 0.114. The Morgan fingerprint density at radius 3 is 2.32 bits per heavy atom. The van der Waals surface area contributed by atoms with Gasteiger partial charge in [0.25, 0.3) is 11.5 Å². The Balaban J connectivity index is 1.34. The first-order valence-corrected chi connectivity index (χ1v) is 14.7. The van der Waals surface area contributed by atoms with E-state index in [2.05, 4.69) is 5.32 Å². The number of thiazole rings is 1. The van der Waals surface area contributed by atoms with Crippen molar-refractivity contribution in [3.05, 3.63) is 157 Å². The highest BCUT2D eigenvalue weighted by atomic mass is 32.1. The van der Waals surface area contributed by atoms with Gasteiger partial charge in [-0.05, 0) is 78.2 Å². The van der Waals surface area contributed by atoms with E-state index in [4.69, 9.17) is 14.5 Å². The van der Waals surface area contributed by atoms with Gasteiger partial charge in [0.05, 0.1) is 29.0 Å². The first-order valence-electron chi connectivity index (χ1n) is 13.9. The number of hydrogen-bond donors (Lipinski definition) is 1. The molecule has 1 aliphatic heterocycles. The summed E-state index contributed by atoms with van der Waals surface area (Å²) in [6.07, 6.45) is 1.81. The van der Waals surface area contributed by atoms with Gasteiger partial charge in [0.2, 0.25) is 0 Å². The smallest absolute Gasteiger partial charge is 0.271 e. The topological polar surface area (TPSA) is 81.9 Å². The molecule has 0 saturated heterocycles. The molecule has 4 aromatic carbocycles.